The molecule has 104 valence electrons. The molecule has 4 atom stereocenters. The van der Waals surface area contributed by atoms with Crippen LogP contribution in [-0.2, 0) is 16.1 Å². The molecule has 1 aromatic carbocycles. The molecule has 0 bridgehead atoms. The van der Waals surface area contributed by atoms with Crippen molar-refractivity contribution >= 4 is 11.6 Å². The summed E-state index contributed by atoms with van der Waals surface area (Å²) in [4.78, 5) is 12.3. The van der Waals surface area contributed by atoms with E-state index in [1.165, 1.54) is 0 Å². The molecule has 1 aromatic rings. The smallest absolute Gasteiger partial charge is 0.230 e. The second kappa shape index (κ2) is 5.72. The molecule has 1 amide bonds. The van der Waals surface area contributed by atoms with Crippen LogP contribution in [0, 0.1) is 11.8 Å². The zero-order chi connectivity index (χ0) is 14.0. The fourth-order valence-corrected chi connectivity index (χ4v) is 2.67. The molecular weight excluding hydrogens is 240 g/mol. The van der Waals surface area contributed by atoms with Gasteiger partial charge in [0.25, 0.3) is 0 Å². The van der Waals surface area contributed by atoms with Gasteiger partial charge in [0.05, 0.1) is 18.1 Å². The minimum atomic E-state index is -0.0933. The normalized spacial score (nSPS) is 30.3. The first-order valence-electron chi connectivity index (χ1n) is 6.78. The van der Waals surface area contributed by atoms with E-state index in [0.29, 0.717) is 6.54 Å². The van der Waals surface area contributed by atoms with E-state index in [2.05, 4.69) is 12.2 Å². The average Bonchev–Trinajstić information content (AvgIpc) is 2.64. The van der Waals surface area contributed by atoms with Crippen LogP contribution < -0.4 is 11.1 Å². The number of hydrogen-bond acceptors (Lipinski definition) is 3. The number of rotatable bonds is 3. The molecule has 1 heterocycles. The van der Waals surface area contributed by atoms with E-state index in [1.54, 1.807) is 0 Å². The van der Waals surface area contributed by atoms with Gasteiger partial charge >= 0.3 is 0 Å². The summed E-state index contributed by atoms with van der Waals surface area (Å²) in [6, 6.07) is 7.62. The van der Waals surface area contributed by atoms with E-state index in [9.17, 15) is 4.79 Å². The first kappa shape index (κ1) is 14.0. The average molecular weight is 262 g/mol. The fraction of sp³-hybridized carbons (Fsp3) is 0.533. The highest BCUT2D eigenvalue weighted by molar-refractivity contribution is 5.93. The van der Waals surface area contributed by atoms with Gasteiger partial charge in [0.1, 0.15) is 0 Å². The van der Waals surface area contributed by atoms with Crippen molar-refractivity contribution in [3.05, 3.63) is 29.8 Å². The standard InChI is InChI=1S/C15H22N2O2/c1-9-10(2)19-11(3)14(9)15(18)17-13-6-4-12(8-16)5-7-13/h4-7,9-11,14H,8,16H2,1-3H3,(H,17,18). The highest BCUT2D eigenvalue weighted by Crippen LogP contribution is 2.32. The minimum absolute atomic E-state index is 0.0323. The van der Waals surface area contributed by atoms with Crippen LogP contribution in [0.1, 0.15) is 26.3 Å². The van der Waals surface area contributed by atoms with Gasteiger partial charge in [0.2, 0.25) is 5.91 Å². The summed E-state index contributed by atoms with van der Waals surface area (Å²) >= 11 is 0. The summed E-state index contributed by atoms with van der Waals surface area (Å²) in [5, 5.41) is 2.96. The van der Waals surface area contributed by atoms with Crippen LogP contribution in [0.3, 0.4) is 0 Å². The van der Waals surface area contributed by atoms with Crippen molar-refractivity contribution in [3.8, 4) is 0 Å². The number of carbonyl (C=O) groups excluding carboxylic acids is 1. The SMILES string of the molecule is CC1OC(C)C(C(=O)Nc2ccc(CN)cc2)C1C. The molecule has 4 nitrogen and oxygen atoms in total. The largest absolute Gasteiger partial charge is 0.374 e. The van der Waals surface area contributed by atoms with E-state index in [0.717, 1.165) is 11.3 Å². The zero-order valence-electron chi connectivity index (χ0n) is 11.7. The van der Waals surface area contributed by atoms with Crippen molar-refractivity contribution in [3.63, 3.8) is 0 Å². The third-order valence-corrected chi connectivity index (χ3v) is 4.00. The molecule has 1 aliphatic heterocycles. The van der Waals surface area contributed by atoms with E-state index >= 15 is 0 Å². The maximum Gasteiger partial charge on any atom is 0.230 e. The monoisotopic (exact) mass is 262 g/mol. The fourth-order valence-electron chi connectivity index (χ4n) is 2.67. The lowest BCUT2D eigenvalue weighted by atomic mass is 9.89. The summed E-state index contributed by atoms with van der Waals surface area (Å²) in [5.74, 6) is 0.173. The second-order valence-electron chi connectivity index (χ2n) is 5.32. The van der Waals surface area contributed by atoms with Crippen LogP contribution >= 0.6 is 0 Å². The Morgan fingerprint density at radius 1 is 1.21 bits per heavy atom. The maximum atomic E-state index is 12.3. The van der Waals surface area contributed by atoms with Crippen molar-refractivity contribution in [2.24, 2.45) is 17.6 Å². The van der Waals surface area contributed by atoms with E-state index in [1.807, 2.05) is 38.1 Å². The van der Waals surface area contributed by atoms with Crippen molar-refractivity contribution < 1.29 is 9.53 Å². The molecule has 4 heteroatoms. The van der Waals surface area contributed by atoms with Gasteiger partial charge in [-0.1, -0.05) is 19.1 Å². The van der Waals surface area contributed by atoms with E-state index < -0.39 is 0 Å². The van der Waals surface area contributed by atoms with Crippen LogP contribution in [0.25, 0.3) is 0 Å². The molecule has 1 saturated heterocycles. The number of benzene rings is 1. The van der Waals surface area contributed by atoms with Gasteiger partial charge in [0, 0.05) is 12.2 Å². The summed E-state index contributed by atoms with van der Waals surface area (Å²) in [5.41, 5.74) is 7.41. The van der Waals surface area contributed by atoms with Crippen LogP contribution in [0.5, 0.6) is 0 Å². The Balaban J connectivity index is 2.04. The number of amides is 1. The van der Waals surface area contributed by atoms with Crippen molar-refractivity contribution in [2.45, 2.75) is 39.5 Å². The predicted octanol–water partition coefficient (Wildman–Crippen LogP) is 2.14. The molecule has 4 unspecified atom stereocenters. The number of anilines is 1. The lowest BCUT2D eigenvalue weighted by Gasteiger charge is -2.18. The summed E-state index contributed by atoms with van der Waals surface area (Å²) in [6.45, 7) is 6.55. The quantitative estimate of drug-likeness (QED) is 0.877. The molecule has 0 radical (unpaired) electrons. The number of nitrogens with two attached hydrogens (primary N) is 1. The number of carbonyl (C=O) groups is 1. The molecule has 0 spiro atoms. The molecule has 3 N–H and O–H groups in total. The van der Waals surface area contributed by atoms with Gasteiger partial charge in [0.15, 0.2) is 0 Å². The Hall–Kier alpha value is -1.39. The van der Waals surface area contributed by atoms with Gasteiger partial charge in [-0.25, -0.2) is 0 Å². The lowest BCUT2D eigenvalue weighted by Crippen LogP contribution is -2.31. The second-order valence-corrected chi connectivity index (χ2v) is 5.32. The Bertz CT molecular complexity index is 444. The molecule has 0 aromatic heterocycles. The van der Waals surface area contributed by atoms with Crippen molar-refractivity contribution in [1.82, 2.24) is 0 Å². The van der Waals surface area contributed by atoms with Gasteiger partial charge in [-0.15, -0.1) is 0 Å². The number of hydrogen-bond donors (Lipinski definition) is 2. The zero-order valence-corrected chi connectivity index (χ0v) is 11.7. The third kappa shape index (κ3) is 2.96. The first-order chi connectivity index (χ1) is 9.02. The lowest BCUT2D eigenvalue weighted by molar-refractivity contribution is -0.121. The summed E-state index contributed by atoms with van der Waals surface area (Å²) in [7, 11) is 0. The van der Waals surface area contributed by atoms with Gasteiger partial charge in [-0.3, -0.25) is 4.79 Å². The minimum Gasteiger partial charge on any atom is -0.374 e. The highest BCUT2D eigenvalue weighted by Gasteiger charge is 2.41. The van der Waals surface area contributed by atoms with E-state index in [4.69, 9.17) is 10.5 Å². The Kier molecular flexibility index (Phi) is 4.22. The van der Waals surface area contributed by atoms with Crippen molar-refractivity contribution in [1.29, 1.82) is 0 Å². The highest BCUT2D eigenvalue weighted by atomic mass is 16.5. The summed E-state index contributed by atoms with van der Waals surface area (Å²) in [6.07, 6.45) is 0.0960. The van der Waals surface area contributed by atoms with Crippen LogP contribution in [0.2, 0.25) is 0 Å². The molecule has 2 rings (SSSR count). The third-order valence-electron chi connectivity index (χ3n) is 4.00. The molecule has 1 fully saturated rings. The predicted molar refractivity (Wildman–Crippen MR) is 75.6 cm³/mol. The number of ether oxygens (including phenoxy) is 1. The topological polar surface area (TPSA) is 64.3 Å². The molecule has 0 saturated carbocycles. The van der Waals surface area contributed by atoms with Crippen molar-refractivity contribution in [2.75, 3.05) is 5.32 Å². The first-order valence-corrected chi connectivity index (χ1v) is 6.78. The summed E-state index contributed by atoms with van der Waals surface area (Å²) < 4.78 is 5.70. The molecular formula is C15H22N2O2. The molecule has 19 heavy (non-hydrogen) atoms. The van der Waals surface area contributed by atoms with Gasteiger partial charge < -0.3 is 15.8 Å². The van der Waals surface area contributed by atoms with Crippen LogP contribution in [0.15, 0.2) is 24.3 Å². The Morgan fingerprint density at radius 2 is 1.84 bits per heavy atom. The Labute approximate surface area is 114 Å². The van der Waals surface area contributed by atoms with Crippen LogP contribution in [0.4, 0.5) is 5.69 Å². The molecule has 0 aliphatic carbocycles. The maximum absolute atomic E-state index is 12.3. The number of nitrogens with one attached hydrogen (secondary N) is 1. The molecule has 1 aliphatic rings. The van der Waals surface area contributed by atoms with Gasteiger partial charge in [-0.2, -0.15) is 0 Å². The van der Waals surface area contributed by atoms with Gasteiger partial charge in [-0.05, 0) is 37.5 Å². The van der Waals surface area contributed by atoms with E-state index in [-0.39, 0.29) is 30.0 Å². The van der Waals surface area contributed by atoms with Crippen LogP contribution in [-0.4, -0.2) is 18.1 Å². The Morgan fingerprint density at radius 3 is 2.32 bits per heavy atom.